The Bertz CT molecular complexity index is 1270. The molecule has 10 nitrogen and oxygen atoms in total. The van der Waals surface area contributed by atoms with Crippen LogP contribution in [0.4, 0.5) is 17.1 Å². The molecule has 4 rings (SSSR count). The summed E-state index contributed by atoms with van der Waals surface area (Å²) >= 11 is 0. The van der Waals surface area contributed by atoms with Gasteiger partial charge in [0, 0.05) is 48.7 Å². The van der Waals surface area contributed by atoms with E-state index >= 15 is 0 Å². The number of imide groups is 1. The molecule has 0 fully saturated rings. The molecule has 0 saturated heterocycles. The van der Waals surface area contributed by atoms with Crippen LogP contribution in [-0.4, -0.2) is 47.0 Å². The molecular formula is C22H18N4O6. The van der Waals surface area contributed by atoms with E-state index in [1.165, 1.54) is 30.3 Å². The Morgan fingerprint density at radius 1 is 1.06 bits per heavy atom. The number of azo groups is 1. The van der Waals surface area contributed by atoms with Crippen LogP contribution in [-0.2, 0) is 4.74 Å². The van der Waals surface area contributed by atoms with Crippen LogP contribution < -0.4 is 0 Å². The van der Waals surface area contributed by atoms with E-state index in [4.69, 9.17) is 4.74 Å². The molecule has 0 aliphatic carbocycles. The van der Waals surface area contributed by atoms with E-state index in [-0.39, 0.29) is 29.2 Å². The Hall–Kier alpha value is -4.18. The van der Waals surface area contributed by atoms with Crippen molar-refractivity contribution >= 4 is 39.6 Å². The molecule has 1 heterocycles. The smallest absolute Gasteiger partial charge is 0.269 e. The third kappa shape index (κ3) is 3.67. The minimum absolute atomic E-state index is 0.0440. The number of carbonyl (C=O) groups is 2. The predicted octanol–water partition coefficient (Wildman–Crippen LogP) is 4.50. The lowest BCUT2D eigenvalue weighted by molar-refractivity contribution is -0.384. The van der Waals surface area contributed by atoms with Crippen LogP contribution in [0, 0.1) is 10.1 Å². The Morgan fingerprint density at radius 3 is 2.47 bits per heavy atom. The standard InChI is InChI=1S/C22H18N4O6/c1-32-11-3-10-25-21(28)16-5-2-4-15-19(16)17(22(25)29)12-18(20(15)27)24-23-13-6-8-14(9-7-13)26(30)31/h2,4-9,12,27H,3,10-11H2,1H3. The molecule has 3 aromatic rings. The van der Waals surface area contributed by atoms with Crippen molar-refractivity contribution in [3.05, 3.63) is 69.8 Å². The van der Waals surface area contributed by atoms with E-state index in [9.17, 15) is 24.8 Å². The van der Waals surface area contributed by atoms with Gasteiger partial charge in [0.15, 0.2) is 5.75 Å². The maximum absolute atomic E-state index is 13.1. The predicted molar refractivity (Wildman–Crippen MR) is 115 cm³/mol. The van der Waals surface area contributed by atoms with Gasteiger partial charge in [0.2, 0.25) is 0 Å². The minimum Gasteiger partial charge on any atom is -0.505 e. The van der Waals surface area contributed by atoms with E-state index in [0.717, 1.165) is 4.90 Å². The highest BCUT2D eigenvalue weighted by atomic mass is 16.6. The minimum atomic E-state index is -0.524. The van der Waals surface area contributed by atoms with Gasteiger partial charge >= 0.3 is 0 Å². The number of aromatic hydroxyl groups is 1. The van der Waals surface area contributed by atoms with E-state index in [1.54, 1.807) is 25.3 Å². The molecule has 3 aromatic carbocycles. The Morgan fingerprint density at radius 2 is 1.78 bits per heavy atom. The molecule has 1 N–H and O–H groups in total. The number of rotatable bonds is 7. The number of amides is 2. The summed E-state index contributed by atoms with van der Waals surface area (Å²) in [6.45, 7) is 0.597. The van der Waals surface area contributed by atoms with Crippen LogP contribution in [0.1, 0.15) is 27.1 Å². The SMILES string of the molecule is COCCCN1C(=O)c2cccc3c(O)c(N=Nc4ccc([N+](=O)[O-])cc4)cc(c23)C1=O. The summed E-state index contributed by atoms with van der Waals surface area (Å²) in [6, 6.07) is 11.7. The Kier molecular flexibility index (Phi) is 5.61. The van der Waals surface area contributed by atoms with Gasteiger partial charge < -0.3 is 9.84 Å². The fraction of sp³-hybridized carbons (Fsp3) is 0.182. The van der Waals surface area contributed by atoms with Crippen molar-refractivity contribution in [3.8, 4) is 5.75 Å². The number of ether oxygens (including phenoxy) is 1. The molecule has 1 aliphatic rings. The normalized spacial score (nSPS) is 13.3. The van der Waals surface area contributed by atoms with E-state index in [2.05, 4.69) is 10.2 Å². The van der Waals surface area contributed by atoms with Gasteiger partial charge in [-0.25, -0.2) is 0 Å². The third-order valence-corrected chi connectivity index (χ3v) is 5.13. The third-order valence-electron chi connectivity index (χ3n) is 5.13. The molecule has 0 atom stereocenters. The molecule has 0 aromatic heterocycles. The monoisotopic (exact) mass is 434 g/mol. The molecule has 0 saturated carbocycles. The van der Waals surface area contributed by atoms with Gasteiger partial charge in [-0.3, -0.25) is 24.6 Å². The first-order chi connectivity index (χ1) is 15.4. The van der Waals surface area contributed by atoms with Gasteiger partial charge in [-0.1, -0.05) is 12.1 Å². The summed E-state index contributed by atoms with van der Waals surface area (Å²) in [7, 11) is 1.54. The second kappa shape index (κ2) is 8.52. The zero-order valence-electron chi connectivity index (χ0n) is 17.0. The Labute approximate surface area is 181 Å². The first-order valence-corrected chi connectivity index (χ1v) is 9.72. The van der Waals surface area contributed by atoms with Crippen molar-refractivity contribution in [2.24, 2.45) is 10.2 Å². The zero-order chi connectivity index (χ0) is 22.8. The molecule has 0 spiro atoms. The van der Waals surface area contributed by atoms with E-state index < -0.39 is 16.7 Å². The zero-order valence-corrected chi connectivity index (χ0v) is 17.0. The molecule has 32 heavy (non-hydrogen) atoms. The first kappa shape index (κ1) is 21.1. The lowest BCUT2D eigenvalue weighted by Crippen LogP contribution is -2.41. The van der Waals surface area contributed by atoms with Gasteiger partial charge in [-0.05, 0) is 30.7 Å². The topological polar surface area (TPSA) is 135 Å². The van der Waals surface area contributed by atoms with Crippen LogP contribution in [0.15, 0.2) is 58.8 Å². The highest BCUT2D eigenvalue weighted by Crippen LogP contribution is 2.41. The van der Waals surface area contributed by atoms with Crippen LogP contribution in [0.5, 0.6) is 5.75 Å². The van der Waals surface area contributed by atoms with Crippen molar-refractivity contribution in [1.82, 2.24) is 4.90 Å². The first-order valence-electron chi connectivity index (χ1n) is 9.72. The van der Waals surface area contributed by atoms with Crippen molar-refractivity contribution < 1.29 is 24.4 Å². The van der Waals surface area contributed by atoms with Crippen LogP contribution >= 0.6 is 0 Å². The quantitative estimate of drug-likeness (QED) is 0.191. The van der Waals surface area contributed by atoms with Gasteiger partial charge in [-0.2, -0.15) is 5.11 Å². The largest absolute Gasteiger partial charge is 0.505 e. The lowest BCUT2D eigenvalue weighted by atomic mass is 9.92. The number of hydrogen-bond acceptors (Lipinski definition) is 8. The number of phenols is 1. The van der Waals surface area contributed by atoms with Gasteiger partial charge in [0.1, 0.15) is 5.69 Å². The molecule has 0 unspecified atom stereocenters. The number of methoxy groups -OCH3 is 1. The van der Waals surface area contributed by atoms with E-state index in [1.807, 2.05) is 0 Å². The second-order valence-corrected chi connectivity index (χ2v) is 7.10. The van der Waals surface area contributed by atoms with Crippen LogP contribution in [0.2, 0.25) is 0 Å². The second-order valence-electron chi connectivity index (χ2n) is 7.10. The number of hydrogen-bond donors (Lipinski definition) is 1. The summed E-state index contributed by atoms with van der Waals surface area (Å²) in [6.07, 6.45) is 0.490. The van der Waals surface area contributed by atoms with Crippen molar-refractivity contribution in [2.45, 2.75) is 6.42 Å². The molecule has 10 heteroatoms. The molecule has 0 radical (unpaired) electrons. The van der Waals surface area contributed by atoms with Crippen LogP contribution in [0.3, 0.4) is 0 Å². The number of non-ortho nitro benzene ring substituents is 1. The number of nitro groups is 1. The Balaban J connectivity index is 1.76. The maximum atomic E-state index is 13.1. The number of nitrogens with zero attached hydrogens (tertiary/aromatic N) is 4. The molecular weight excluding hydrogens is 416 g/mol. The average Bonchev–Trinajstić information content (AvgIpc) is 2.80. The molecule has 162 valence electrons. The summed E-state index contributed by atoms with van der Waals surface area (Å²) < 4.78 is 5.01. The van der Waals surface area contributed by atoms with Gasteiger partial charge in [0.05, 0.1) is 16.2 Å². The summed E-state index contributed by atoms with van der Waals surface area (Å²) in [5.74, 6) is -1.13. The highest BCUT2D eigenvalue weighted by molar-refractivity contribution is 6.26. The number of phenolic OH excluding ortho intramolecular Hbond substituents is 1. The number of carbonyl (C=O) groups excluding carboxylic acids is 2. The summed E-state index contributed by atoms with van der Waals surface area (Å²) in [4.78, 5) is 37.4. The van der Waals surface area contributed by atoms with Crippen molar-refractivity contribution in [2.75, 3.05) is 20.3 Å². The average molecular weight is 434 g/mol. The van der Waals surface area contributed by atoms with Crippen molar-refractivity contribution in [1.29, 1.82) is 0 Å². The lowest BCUT2D eigenvalue weighted by Gasteiger charge is -2.27. The summed E-state index contributed by atoms with van der Waals surface area (Å²) in [5, 5.41) is 30.3. The molecule has 2 amide bonds. The number of benzene rings is 3. The fourth-order valence-corrected chi connectivity index (χ4v) is 3.58. The summed E-state index contributed by atoms with van der Waals surface area (Å²) in [5.41, 5.74) is 0.854. The highest BCUT2D eigenvalue weighted by Gasteiger charge is 2.34. The molecule has 1 aliphatic heterocycles. The van der Waals surface area contributed by atoms with Crippen LogP contribution in [0.25, 0.3) is 10.8 Å². The maximum Gasteiger partial charge on any atom is 0.269 e. The van der Waals surface area contributed by atoms with Gasteiger partial charge in [-0.15, -0.1) is 5.11 Å². The van der Waals surface area contributed by atoms with Crippen molar-refractivity contribution in [3.63, 3.8) is 0 Å². The molecule has 0 bridgehead atoms. The van der Waals surface area contributed by atoms with E-state index in [0.29, 0.717) is 35.1 Å². The van der Waals surface area contributed by atoms with Gasteiger partial charge in [0.25, 0.3) is 17.5 Å². The number of nitro benzene ring substituents is 1. The fourth-order valence-electron chi connectivity index (χ4n) is 3.58.